The van der Waals surface area contributed by atoms with Gasteiger partial charge in [-0.3, -0.25) is 24.2 Å². The number of nitrogens with zero attached hydrogens (tertiary/aromatic N) is 1. The molecule has 12 N–H and O–H groups in total. The number of carbonyl (C=O) groups is 5. The summed E-state index contributed by atoms with van der Waals surface area (Å²) < 4.78 is 0. The number of nitrogens with one attached hydrogen (secondary N) is 3. The molecule has 206 valence electrons. The predicted octanol–water partition coefficient (Wildman–Crippen LogP) is -2.13. The molecule has 0 heterocycles. The summed E-state index contributed by atoms with van der Waals surface area (Å²) in [6, 6.07) is -4.44. The molecular formula is C22H42N8O6. The second kappa shape index (κ2) is 16.3. The summed E-state index contributed by atoms with van der Waals surface area (Å²) in [6.45, 7) is 7.09. The minimum Gasteiger partial charge on any atom is -0.480 e. The van der Waals surface area contributed by atoms with Crippen LogP contribution in [0.5, 0.6) is 0 Å². The number of carbonyl (C=O) groups excluding carboxylic acids is 4. The highest BCUT2D eigenvalue weighted by Gasteiger charge is 2.31. The molecule has 4 amide bonds. The van der Waals surface area contributed by atoms with Crippen molar-refractivity contribution in [3.05, 3.63) is 0 Å². The number of carboxylic acids is 1. The Morgan fingerprint density at radius 1 is 0.861 bits per heavy atom. The normalized spacial score (nSPS) is 15.1. The molecule has 5 unspecified atom stereocenters. The van der Waals surface area contributed by atoms with Crippen molar-refractivity contribution in [3.63, 3.8) is 0 Å². The van der Waals surface area contributed by atoms with E-state index >= 15 is 0 Å². The number of guanidine groups is 1. The number of nitrogens with two attached hydrogens (primary N) is 4. The number of amides is 4. The average molecular weight is 515 g/mol. The van der Waals surface area contributed by atoms with Crippen LogP contribution >= 0.6 is 0 Å². The molecule has 0 fully saturated rings. The van der Waals surface area contributed by atoms with Crippen LogP contribution in [0.25, 0.3) is 0 Å². The van der Waals surface area contributed by atoms with E-state index in [1.54, 1.807) is 20.8 Å². The highest BCUT2D eigenvalue weighted by molar-refractivity contribution is 5.94. The number of hydrogen-bond donors (Lipinski definition) is 8. The molecule has 5 atom stereocenters. The number of aliphatic carboxylic acids is 1. The van der Waals surface area contributed by atoms with Gasteiger partial charge in [0.25, 0.3) is 0 Å². The summed E-state index contributed by atoms with van der Waals surface area (Å²) in [7, 11) is 0. The van der Waals surface area contributed by atoms with Crippen molar-refractivity contribution in [3.8, 4) is 0 Å². The van der Waals surface area contributed by atoms with Crippen LogP contribution in [0, 0.1) is 11.8 Å². The number of rotatable bonds is 17. The Labute approximate surface area is 211 Å². The molecule has 14 nitrogen and oxygen atoms in total. The standard InChI is InChI=1S/C22H42N8O6/c1-5-12(4)16(24)20(34)29-13(7-6-10-27-22(25)26)18(32)28-14(8-9-15(23)31)19(33)30-17(11(2)3)21(35)36/h11-14,16-17H,5-10,24H2,1-4H3,(H2,23,31)(H,28,32)(H,29,34)(H,30,33)(H,35,36)(H4,25,26,27). The monoisotopic (exact) mass is 514 g/mol. The zero-order valence-corrected chi connectivity index (χ0v) is 21.5. The Balaban J connectivity index is 5.71. The van der Waals surface area contributed by atoms with Gasteiger partial charge in [0.1, 0.15) is 18.1 Å². The Morgan fingerprint density at radius 2 is 1.39 bits per heavy atom. The van der Waals surface area contributed by atoms with Crippen molar-refractivity contribution in [1.29, 1.82) is 0 Å². The molecule has 36 heavy (non-hydrogen) atoms. The fraction of sp³-hybridized carbons (Fsp3) is 0.727. The van der Waals surface area contributed by atoms with Crippen LogP contribution in [0.1, 0.15) is 59.8 Å². The summed E-state index contributed by atoms with van der Waals surface area (Å²) in [5.74, 6) is -4.73. The first-order valence-corrected chi connectivity index (χ1v) is 11.9. The van der Waals surface area contributed by atoms with E-state index < -0.39 is 59.7 Å². The molecule has 0 aliphatic carbocycles. The first-order chi connectivity index (χ1) is 16.7. The van der Waals surface area contributed by atoms with Crippen molar-refractivity contribution in [2.75, 3.05) is 6.54 Å². The molecule has 0 radical (unpaired) electrons. The number of aliphatic imine (C=N–C) groups is 1. The van der Waals surface area contributed by atoms with Gasteiger partial charge in [0.2, 0.25) is 23.6 Å². The maximum atomic E-state index is 13.1. The van der Waals surface area contributed by atoms with E-state index in [2.05, 4.69) is 20.9 Å². The van der Waals surface area contributed by atoms with Gasteiger partial charge in [-0.1, -0.05) is 34.1 Å². The van der Waals surface area contributed by atoms with Gasteiger partial charge in [-0.2, -0.15) is 0 Å². The molecule has 0 bridgehead atoms. The molecule has 0 aromatic carbocycles. The van der Waals surface area contributed by atoms with Crippen LogP contribution in [0.3, 0.4) is 0 Å². The van der Waals surface area contributed by atoms with E-state index in [4.69, 9.17) is 22.9 Å². The van der Waals surface area contributed by atoms with E-state index in [0.29, 0.717) is 12.8 Å². The molecule has 0 saturated carbocycles. The van der Waals surface area contributed by atoms with Crippen molar-refractivity contribution in [2.24, 2.45) is 39.8 Å². The summed E-state index contributed by atoms with van der Waals surface area (Å²) in [5, 5.41) is 16.8. The van der Waals surface area contributed by atoms with Gasteiger partial charge < -0.3 is 44.0 Å². The second-order valence-electron chi connectivity index (χ2n) is 9.06. The highest BCUT2D eigenvalue weighted by atomic mass is 16.4. The summed E-state index contributed by atoms with van der Waals surface area (Å²) >= 11 is 0. The summed E-state index contributed by atoms with van der Waals surface area (Å²) in [6.07, 6.45) is 0.680. The largest absolute Gasteiger partial charge is 0.480 e. The molecule has 0 spiro atoms. The highest BCUT2D eigenvalue weighted by Crippen LogP contribution is 2.09. The smallest absolute Gasteiger partial charge is 0.326 e. The lowest BCUT2D eigenvalue weighted by atomic mass is 9.98. The minimum atomic E-state index is -1.27. The van der Waals surface area contributed by atoms with E-state index in [1.807, 2.05) is 6.92 Å². The van der Waals surface area contributed by atoms with Gasteiger partial charge in [-0.15, -0.1) is 0 Å². The van der Waals surface area contributed by atoms with Crippen molar-refractivity contribution in [1.82, 2.24) is 16.0 Å². The van der Waals surface area contributed by atoms with Crippen LogP contribution in [0.4, 0.5) is 0 Å². The molecule has 0 rings (SSSR count). The second-order valence-corrected chi connectivity index (χ2v) is 9.06. The predicted molar refractivity (Wildman–Crippen MR) is 134 cm³/mol. The molecule has 0 aliphatic heterocycles. The van der Waals surface area contributed by atoms with Crippen LogP contribution < -0.4 is 38.9 Å². The zero-order valence-electron chi connectivity index (χ0n) is 21.5. The quantitative estimate of drug-likeness (QED) is 0.0598. The van der Waals surface area contributed by atoms with Gasteiger partial charge in [0.05, 0.1) is 6.04 Å². The summed E-state index contributed by atoms with van der Waals surface area (Å²) in [4.78, 5) is 65.2. The average Bonchev–Trinajstić information content (AvgIpc) is 2.79. The van der Waals surface area contributed by atoms with E-state index in [-0.39, 0.29) is 37.7 Å². The zero-order chi connectivity index (χ0) is 28.0. The van der Waals surface area contributed by atoms with Crippen molar-refractivity contribution >= 4 is 35.6 Å². The Hall–Kier alpha value is -3.42. The van der Waals surface area contributed by atoms with Crippen LogP contribution in [-0.2, 0) is 24.0 Å². The Morgan fingerprint density at radius 3 is 1.86 bits per heavy atom. The molecule has 0 aromatic rings. The van der Waals surface area contributed by atoms with E-state index in [1.165, 1.54) is 0 Å². The molecular weight excluding hydrogens is 472 g/mol. The Kier molecular flexibility index (Phi) is 14.7. The third-order valence-electron chi connectivity index (χ3n) is 5.68. The minimum absolute atomic E-state index is 0.121. The molecule has 0 saturated heterocycles. The van der Waals surface area contributed by atoms with E-state index in [9.17, 15) is 29.1 Å². The first kappa shape index (κ1) is 32.6. The fourth-order valence-corrected chi connectivity index (χ4v) is 3.15. The first-order valence-electron chi connectivity index (χ1n) is 11.9. The van der Waals surface area contributed by atoms with Gasteiger partial charge in [0, 0.05) is 13.0 Å². The summed E-state index contributed by atoms with van der Waals surface area (Å²) in [5.41, 5.74) is 21.8. The maximum Gasteiger partial charge on any atom is 0.326 e. The maximum absolute atomic E-state index is 13.1. The third kappa shape index (κ3) is 12.3. The molecule has 0 aliphatic rings. The lowest BCUT2D eigenvalue weighted by Crippen LogP contribution is -2.58. The van der Waals surface area contributed by atoms with Crippen molar-refractivity contribution < 1.29 is 29.1 Å². The molecule has 0 aromatic heterocycles. The number of carboxylic acid groups (broad SMARTS) is 1. The van der Waals surface area contributed by atoms with Crippen LogP contribution in [0.2, 0.25) is 0 Å². The van der Waals surface area contributed by atoms with Gasteiger partial charge in [0.15, 0.2) is 5.96 Å². The fourth-order valence-electron chi connectivity index (χ4n) is 3.15. The molecule has 14 heteroatoms. The lowest BCUT2D eigenvalue weighted by Gasteiger charge is -2.26. The Bertz CT molecular complexity index is 799. The number of hydrogen-bond acceptors (Lipinski definition) is 7. The SMILES string of the molecule is CCC(C)C(N)C(=O)NC(CCCN=C(N)N)C(=O)NC(CCC(N)=O)C(=O)NC(C(=O)O)C(C)C. The third-order valence-corrected chi connectivity index (χ3v) is 5.68. The van der Waals surface area contributed by atoms with Gasteiger partial charge in [-0.05, 0) is 31.1 Å². The lowest BCUT2D eigenvalue weighted by molar-refractivity contribution is -0.143. The number of primary amides is 1. The topological polar surface area (TPSA) is 258 Å². The van der Waals surface area contributed by atoms with E-state index in [0.717, 1.165) is 0 Å². The van der Waals surface area contributed by atoms with Crippen LogP contribution in [0.15, 0.2) is 4.99 Å². The van der Waals surface area contributed by atoms with Crippen molar-refractivity contribution in [2.45, 2.75) is 84.0 Å². The van der Waals surface area contributed by atoms with Crippen LogP contribution in [-0.4, -0.2) is 71.4 Å². The van der Waals surface area contributed by atoms with Gasteiger partial charge in [-0.25, -0.2) is 4.79 Å². The van der Waals surface area contributed by atoms with Gasteiger partial charge >= 0.3 is 5.97 Å².